The largest absolute Gasteiger partial charge is 0.410 e. The van der Waals surface area contributed by atoms with Gasteiger partial charge in [0.2, 0.25) is 0 Å². The average molecular weight is 266 g/mol. The van der Waals surface area contributed by atoms with Crippen LogP contribution in [0.5, 0.6) is 0 Å². The number of nitrogens with zero attached hydrogens (tertiary/aromatic N) is 2. The van der Waals surface area contributed by atoms with Gasteiger partial charge < -0.3 is 10.1 Å². The van der Waals surface area contributed by atoms with Crippen LogP contribution in [-0.4, -0.2) is 28.8 Å². The maximum absolute atomic E-state index is 12.0. The summed E-state index contributed by atoms with van der Waals surface area (Å²) in [5, 5.41) is 12.3. The van der Waals surface area contributed by atoms with Crippen LogP contribution in [-0.2, 0) is 11.3 Å². The third kappa shape index (κ3) is 1.95. The van der Waals surface area contributed by atoms with Crippen LogP contribution in [0.15, 0.2) is 53.7 Å². The third-order valence-electron chi connectivity index (χ3n) is 3.53. The molecule has 3 rings (SSSR count). The summed E-state index contributed by atoms with van der Waals surface area (Å²) in [6.45, 7) is 0.530. The van der Waals surface area contributed by atoms with Crippen LogP contribution in [0.3, 0.4) is 0 Å². The molecule has 0 unspecified atom stereocenters. The molecule has 100 valence electrons. The Morgan fingerprint density at radius 1 is 1.10 bits per heavy atom. The molecule has 1 heterocycles. The summed E-state index contributed by atoms with van der Waals surface area (Å²) in [4.78, 5) is 13.5. The molecule has 0 bridgehead atoms. The number of benzene rings is 2. The minimum absolute atomic E-state index is 0.103. The first-order valence-corrected chi connectivity index (χ1v) is 6.37. The molecule has 20 heavy (non-hydrogen) atoms. The predicted molar refractivity (Wildman–Crippen MR) is 76.7 cm³/mol. The normalized spacial score (nSPS) is 16.4. The van der Waals surface area contributed by atoms with Crippen molar-refractivity contribution in [2.24, 2.45) is 5.16 Å². The second-order valence-corrected chi connectivity index (χ2v) is 4.85. The van der Waals surface area contributed by atoms with Gasteiger partial charge in [0.1, 0.15) is 0 Å². The molecule has 1 N–H and O–H groups in total. The molecule has 0 fully saturated rings. The lowest BCUT2D eigenvalue weighted by Crippen LogP contribution is -2.38. The standard InChI is InChI=1S/C16H14N2O2/c1-18-10-13-8-7-12(11-5-3-2-4-6-11)9-14(13)15(17-20)16(18)19/h2-9,20H,10H2,1H3/b17-15+. The molecule has 2 aromatic rings. The van der Waals surface area contributed by atoms with Crippen LogP contribution in [0.4, 0.5) is 0 Å². The van der Waals surface area contributed by atoms with Crippen LogP contribution in [0.2, 0.25) is 0 Å². The molecule has 2 aromatic carbocycles. The van der Waals surface area contributed by atoms with Gasteiger partial charge in [-0.3, -0.25) is 4.79 Å². The maximum Gasteiger partial charge on any atom is 0.276 e. The Kier molecular flexibility index (Phi) is 2.99. The average Bonchev–Trinajstić information content (AvgIpc) is 2.49. The Morgan fingerprint density at radius 2 is 1.85 bits per heavy atom. The van der Waals surface area contributed by atoms with Gasteiger partial charge in [-0.15, -0.1) is 0 Å². The molecular formula is C16H14N2O2. The van der Waals surface area contributed by atoms with Crippen LogP contribution < -0.4 is 0 Å². The summed E-state index contributed by atoms with van der Waals surface area (Å²) < 4.78 is 0. The molecule has 0 aliphatic carbocycles. The molecule has 0 saturated carbocycles. The fraction of sp³-hybridized carbons (Fsp3) is 0.125. The predicted octanol–water partition coefficient (Wildman–Crippen LogP) is 2.50. The first-order chi connectivity index (χ1) is 9.70. The van der Waals surface area contributed by atoms with Crippen LogP contribution in [0.25, 0.3) is 11.1 Å². The number of likely N-dealkylation sites (N-methyl/N-ethyl adjacent to an activating group) is 1. The van der Waals surface area contributed by atoms with Crippen molar-refractivity contribution in [2.75, 3.05) is 7.05 Å². The van der Waals surface area contributed by atoms with Gasteiger partial charge in [0.25, 0.3) is 5.91 Å². The summed E-state index contributed by atoms with van der Waals surface area (Å²) in [6, 6.07) is 15.8. The van der Waals surface area contributed by atoms with Crippen LogP contribution in [0, 0.1) is 0 Å². The summed E-state index contributed by atoms with van der Waals surface area (Å²) >= 11 is 0. The van der Waals surface area contributed by atoms with Crippen molar-refractivity contribution >= 4 is 11.6 Å². The monoisotopic (exact) mass is 266 g/mol. The van der Waals surface area contributed by atoms with E-state index in [4.69, 9.17) is 5.21 Å². The highest BCUT2D eigenvalue weighted by Crippen LogP contribution is 2.26. The number of oxime groups is 1. The van der Waals surface area contributed by atoms with E-state index in [1.54, 1.807) is 11.9 Å². The van der Waals surface area contributed by atoms with Crippen molar-refractivity contribution in [1.82, 2.24) is 4.90 Å². The Labute approximate surface area is 117 Å². The molecule has 0 spiro atoms. The van der Waals surface area contributed by atoms with Gasteiger partial charge >= 0.3 is 0 Å². The lowest BCUT2D eigenvalue weighted by Gasteiger charge is -2.25. The highest BCUT2D eigenvalue weighted by molar-refractivity contribution is 6.46. The fourth-order valence-corrected chi connectivity index (χ4v) is 2.46. The van der Waals surface area contributed by atoms with Gasteiger partial charge in [-0.05, 0) is 22.8 Å². The van der Waals surface area contributed by atoms with E-state index >= 15 is 0 Å². The first kappa shape index (κ1) is 12.4. The Morgan fingerprint density at radius 3 is 2.55 bits per heavy atom. The Balaban J connectivity index is 2.13. The maximum atomic E-state index is 12.0. The van der Waals surface area contributed by atoms with E-state index in [2.05, 4.69) is 5.16 Å². The zero-order valence-corrected chi connectivity index (χ0v) is 11.1. The second kappa shape index (κ2) is 4.81. The Hall–Kier alpha value is -2.62. The highest BCUT2D eigenvalue weighted by Gasteiger charge is 2.27. The lowest BCUT2D eigenvalue weighted by atomic mass is 9.93. The fourth-order valence-electron chi connectivity index (χ4n) is 2.46. The molecular weight excluding hydrogens is 252 g/mol. The Bertz CT molecular complexity index is 693. The molecule has 1 aliphatic rings. The van der Waals surface area contributed by atoms with Gasteiger partial charge in [-0.1, -0.05) is 47.6 Å². The molecule has 0 atom stereocenters. The number of hydrogen-bond acceptors (Lipinski definition) is 3. The van der Waals surface area contributed by atoms with Gasteiger partial charge in [-0.25, -0.2) is 0 Å². The van der Waals surface area contributed by atoms with Gasteiger partial charge in [0.05, 0.1) is 0 Å². The smallest absolute Gasteiger partial charge is 0.276 e. The summed E-state index contributed by atoms with van der Waals surface area (Å²) in [5.74, 6) is -0.259. The van der Waals surface area contributed by atoms with Crippen LogP contribution >= 0.6 is 0 Å². The van der Waals surface area contributed by atoms with Crippen molar-refractivity contribution in [3.8, 4) is 11.1 Å². The second-order valence-electron chi connectivity index (χ2n) is 4.85. The number of carbonyl (C=O) groups is 1. The van der Waals surface area contributed by atoms with Gasteiger partial charge in [0, 0.05) is 19.2 Å². The molecule has 0 saturated heterocycles. The SMILES string of the molecule is CN1Cc2ccc(-c3ccccc3)cc2/C(=N\O)C1=O. The topological polar surface area (TPSA) is 52.9 Å². The zero-order chi connectivity index (χ0) is 14.1. The van der Waals surface area contributed by atoms with Crippen molar-refractivity contribution in [1.29, 1.82) is 0 Å². The minimum atomic E-state index is -0.259. The summed E-state index contributed by atoms with van der Waals surface area (Å²) in [6.07, 6.45) is 0. The minimum Gasteiger partial charge on any atom is -0.410 e. The highest BCUT2D eigenvalue weighted by atomic mass is 16.4. The van der Waals surface area contributed by atoms with E-state index in [0.29, 0.717) is 12.1 Å². The zero-order valence-electron chi connectivity index (χ0n) is 11.1. The van der Waals surface area contributed by atoms with E-state index < -0.39 is 0 Å². The van der Waals surface area contributed by atoms with E-state index in [-0.39, 0.29) is 11.6 Å². The quantitative estimate of drug-likeness (QED) is 0.637. The number of carbonyl (C=O) groups excluding carboxylic acids is 1. The summed E-state index contributed by atoms with van der Waals surface area (Å²) in [7, 11) is 1.70. The van der Waals surface area contributed by atoms with E-state index in [0.717, 1.165) is 16.7 Å². The van der Waals surface area contributed by atoms with E-state index in [9.17, 15) is 4.79 Å². The summed E-state index contributed by atoms with van der Waals surface area (Å²) in [5.41, 5.74) is 3.87. The first-order valence-electron chi connectivity index (χ1n) is 6.37. The number of hydrogen-bond donors (Lipinski definition) is 1. The number of fused-ring (bicyclic) bond motifs is 1. The van der Waals surface area contributed by atoms with Crippen molar-refractivity contribution in [2.45, 2.75) is 6.54 Å². The molecule has 1 aliphatic heterocycles. The molecule has 0 radical (unpaired) electrons. The third-order valence-corrected chi connectivity index (χ3v) is 3.53. The van der Waals surface area contributed by atoms with Crippen molar-refractivity contribution < 1.29 is 10.0 Å². The van der Waals surface area contributed by atoms with Gasteiger partial charge in [0.15, 0.2) is 5.71 Å². The van der Waals surface area contributed by atoms with Crippen molar-refractivity contribution in [3.63, 3.8) is 0 Å². The molecule has 4 nitrogen and oxygen atoms in total. The lowest BCUT2D eigenvalue weighted by molar-refractivity contribution is -0.123. The molecule has 1 amide bonds. The van der Waals surface area contributed by atoms with Crippen molar-refractivity contribution in [3.05, 3.63) is 59.7 Å². The number of rotatable bonds is 1. The van der Waals surface area contributed by atoms with Gasteiger partial charge in [-0.2, -0.15) is 0 Å². The van der Waals surface area contributed by atoms with E-state index in [1.165, 1.54) is 0 Å². The van der Waals surface area contributed by atoms with Crippen LogP contribution in [0.1, 0.15) is 11.1 Å². The molecule has 0 aromatic heterocycles. The number of amides is 1. The molecule has 4 heteroatoms. The van der Waals surface area contributed by atoms with E-state index in [1.807, 2.05) is 48.5 Å².